The Kier molecular flexibility index (Phi) is 8.21. The van der Waals surface area contributed by atoms with E-state index >= 15 is 0 Å². The zero-order valence-electron chi connectivity index (χ0n) is 20.5. The first-order valence-corrected chi connectivity index (χ1v) is 12.5. The van der Waals surface area contributed by atoms with Crippen LogP contribution in [0.15, 0.2) is 89.4 Å². The van der Waals surface area contributed by atoms with Crippen molar-refractivity contribution in [3.05, 3.63) is 123 Å². The Balaban J connectivity index is 2.07. The SMILES string of the molecule is CCOC(=O)c1c(C(=O)c2ccccc2)c(O)c(O)c(OC(=O)c2ccccc2)c1C(=O)c1ccccc1Br. The van der Waals surface area contributed by atoms with E-state index in [2.05, 4.69) is 15.9 Å². The van der Waals surface area contributed by atoms with Crippen molar-refractivity contribution in [3.8, 4) is 17.2 Å². The lowest BCUT2D eigenvalue weighted by atomic mass is 9.88. The number of halogens is 1. The average Bonchev–Trinajstić information content (AvgIpc) is 2.96. The molecule has 196 valence electrons. The summed E-state index contributed by atoms with van der Waals surface area (Å²) in [5.74, 6) is -6.78. The van der Waals surface area contributed by atoms with Crippen LogP contribution in [0.2, 0.25) is 0 Å². The molecule has 0 aliphatic carbocycles. The molecular formula is C30H21BrO8. The highest BCUT2D eigenvalue weighted by Crippen LogP contribution is 2.46. The lowest BCUT2D eigenvalue weighted by Crippen LogP contribution is -2.21. The van der Waals surface area contributed by atoms with Crippen LogP contribution in [0.25, 0.3) is 0 Å². The van der Waals surface area contributed by atoms with E-state index in [1.54, 1.807) is 54.6 Å². The normalized spacial score (nSPS) is 10.5. The standard InChI is InChI=1S/C30H21BrO8/c1-2-38-30(37)21-22(24(32)17-11-5-3-6-12-17)26(34)27(35)28(39-29(36)18-13-7-4-8-14-18)23(21)25(33)19-15-9-10-16-20(19)31/h3-16,34-35H,2H2,1H3. The van der Waals surface area contributed by atoms with Gasteiger partial charge in [0.2, 0.25) is 5.75 Å². The molecule has 2 N–H and O–H groups in total. The first-order valence-electron chi connectivity index (χ1n) is 11.7. The van der Waals surface area contributed by atoms with Crippen molar-refractivity contribution in [3.63, 3.8) is 0 Å². The summed E-state index contributed by atoms with van der Waals surface area (Å²) in [6, 6.07) is 21.6. The third kappa shape index (κ3) is 5.44. The molecule has 4 aromatic rings. The molecule has 0 aromatic heterocycles. The maximum atomic E-state index is 14.0. The van der Waals surface area contributed by atoms with Gasteiger partial charge in [0.25, 0.3) is 0 Å². The molecular weight excluding hydrogens is 568 g/mol. The van der Waals surface area contributed by atoms with Crippen molar-refractivity contribution in [2.45, 2.75) is 6.92 Å². The number of hydrogen-bond donors (Lipinski definition) is 2. The van der Waals surface area contributed by atoms with E-state index in [1.165, 1.54) is 37.3 Å². The number of esters is 2. The minimum absolute atomic E-state index is 0.0308. The Labute approximate surface area is 231 Å². The van der Waals surface area contributed by atoms with Gasteiger partial charge < -0.3 is 19.7 Å². The fourth-order valence-corrected chi connectivity index (χ4v) is 4.35. The summed E-state index contributed by atoms with van der Waals surface area (Å²) >= 11 is 3.29. The second-order valence-corrected chi connectivity index (χ2v) is 8.99. The second kappa shape index (κ2) is 11.7. The number of phenols is 2. The van der Waals surface area contributed by atoms with Crippen LogP contribution in [0.3, 0.4) is 0 Å². The minimum Gasteiger partial charge on any atom is -0.504 e. The summed E-state index contributed by atoms with van der Waals surface area (Å²) < 4.78 is 10.9. The number of carbonyl (C=O) groups excluding carboxylic acids is 4. The first kappa shape index (κ1) is 27.3. The average molecular weight is 589 g/mol. The van der Waals surface area contributed by atoms with Crippen molar-refractivity contribution in [2.75, 3.05) is 6.61 Å². The maximum absolute atomic E-state index is 14.0. The number of ether oxygens (including phenoxy) is 2. The summed E-state index contributed by atoms with van der Waals surface area (Å²) in [6.07, 6.45) is 0. The Bertz CT molecular complexity index is 1580. The van der Waals surface area contributed by atoms with Gasteiger partial charge in [0.05, 0.1) is 28.9 Å². The molecule has 4 rings (SSSR count). The molecule has 0 bridgehead atoms. The third-order valence-corrected chi connectivity index (χ3v) is 6.39. The predicted molar refractivity (Wildman–Crippen MR) is 145 cm³/mol. The Hall–Kier alpha value is -4.76. The minimum atomic E-state index is -1.14. The quantitative estimate of drug-likeness (QED) is 0.116. The number of phenolic OH excluding ortho intramolecular Hbond substituents is 2. The van der Waals surface area contributed by atoms with Gasteiger partial charge in [0.15, 0.2) is 23.1 Å². The molecule has 0 saturated heterocycles. The lowest BCUT2D eigenvalue weighted by molar-refractivity contribution is 0.0517. The van der Waals surface area contributed by atoms with Crippen molar-refractivity contribution < 1.29 is 38.9 Å². The van der Waals surface area contributed by atoms with Crippen LogP contribution < -0.4 is 4.74 Å². The highest BCUT2D eigenvalue weighted by molar-refractivity contribution is 9.10. The molecule has 0 radical (unpaired) electrons. The van der Waals surface area contributed by atoms with Crippen LogP contribution in [0, 0.1) is 0 Å². The zero-order chi connectivity index (χ0) is 28.1. The van der Waals surface area contributed by atoms with Crippen LogP contribution in [-0.4, -0.2) is 40.3 Å². The van der Waals surface area contributed by atoms with E-state index in [0.29, 0.717) is 4.47 Å². The summed E-state index contributed by atoms with van der Waals surface area (Å²) in [5, 5.41) is 22.1. The molecule has 0 unspecified atom stereocenters. The van der Waals surface area contributed by atoms with Crippen LogP contribution in [-0.2, 0) is 4.74 Å². The molecule has 0 aliphatic rings. The number of ketones is 2. The molecule has 0 spiro atoms. The Morgan fingerprint density at radius 1 is 0.667 bits per heavy atom. The molecule has 0 aliphatic heterocycles. The number of rotatable bonds is 8. The van der Waals surface area contributed by atoms with Crippen LogP contribution in [0.1, 0.15) is 59.5 Å². The van der Waals surface area contributed by atoms with Crippen LogP contribution >= 0.6 is 15.9 Å². The molecule has 0 amide bonds. The van der Waals surface area contributed by atoms with E-state index in [4.69, 9.17) is 9.47 Å². The summed E-state index contributed by atoms with van der Waals surface area (Å²) in [5.41, 5.74) is -1.80. The van der Waals surface area contributed by atoms with E-state index in [9.17, 15) is 29.4 Å². The molecule has 0 saturated carbocycles. The monoisotopic (exact) mass is 588 g/mol. The molecule has 0 heterocycles. The number of benzene rings is 4. The van der Waals surface area contributed by atoms with E-state index < -0.39 is 57.4 Å². The van der Waals surface area contributed by atoms with Crippen molar-refractivity contribution in [2.24, 2.45) is 0 Å². The van der Waals surface area contributed by atoms with Gasteiger partial charge in [-0.1, -0.05) is 76.6 Å². The van der Waals surface area contributed by atoms with Crippen molar-refractivity contribution in [1.82, 2.24) is 0 Å². The zero-order valence-corrected chi connectivity index (χ0v) is 22.1. The highest BCUT2D eigenvalue weighted by Gasteiger charge is 2.37. The van der Waals surface area contributed by atoms with Crippen molar-refractivity contribution >= 4 is 39.4 Å². The smallest absolute Gasteiger partial charge is 0.343 e. The summed E-state index contributed by atoms with van der Waals surface area (Å²) in [7, 11) is 0. The number of aromatic hydroxyl groups is 2. The van der Waals surface area contributed by atoms with Crippen molar-refractivity contribution in [1.29, 1.82) is 0 Å². The fourth-order valence-electron chi connectivity index (χ4n) is 3.89. The lowest BCUT2D eigenvalue weighted by Gasteiger charge is -2.20. The number of hydrogen-bond acceptors (Lipinski definition) is 8. The van der Waals surface area contributed by atoms with Gasteiger partial charge in [-0.25, -0.2) is 9.59 Å². The Morgan fingerprint density at radius 2 is 1.23 bits per heavy atom. The molecule has 4 aromatic carbocycles. The molecule has 0 fully saturated rings. The maximum Gasteiger partial charge on any atom is 0.343 e. The van der Waals surface area contributed by atoms with Gasteiger partial charge in [-0.15, -0.1) is 0 Å². The van der Waals surface area contributed by atoms with E-state index in [0.717, 1.165) is 0 Å². The second-order valence-electron chi connectivity index (χ2n) is 8.13. The van der Waals surface area contributed by atoms with Gasteiger partial charge in [0, 0.05) is 15.6 Å². The summed E-state index contributed by atoms with van der Waals surface area (Å²) in [4.78, 5) is 53.9. The molecule has 0 atom stereocenters. The van der Waals surface area contributed by atoms with Crippen LogP contribution in [0.5, 0.6) is 17.2 Å². The third-order valence-electron chi connectivity index (χ3n) is 5.70. The Morgan fingerprint density at radius 3 is 1.82 bits per heavy atom. The predicted octanol–water partition coefficient (Wildman–Crippen LogP) is 5.72. The van der Waals surface area contributed by atoms with Gasteiger partial charge >= 0.3 is 11.9 Å². The van der Waals surface area contributed by atoms with E-state index in [-0.39, 0.29) is 23.3 Å². The highest BCUT2D eigenvalue weighted by atomic mass is 79.9. The fraction of sp³-hybridized carbons (Fsp3) is 0.0667. The van der Waals surface area contributed by atoms with Gasteiger partial charge in [0.1, 0.15) is 0 Å². The van der Waals surface area contributed by atoms with Gasteiger partial charge in [-0.05, 0) is 31.2 Å². The van der Waals surface area contributed by atoms with Crippen LogP contribution in [0.4, 0.5) is 0 Å². The molecule has 9 heteroatoms. The molecule has 39 heavy (non-hydrogen) atoms. The van der Waals surface area contributed by atoms with Gasteiger partial charge in [-0.2, -0.15) is 0 Å². The largest absolute Gasteiger partial charge is 0.504 e. The van der Waals surface area contributed by atoms with Gasteiger partial charge in [-0.3, -0.25) is 9.59 Å². The molecule has 8 nitrogen and oxygen atoms in total. The number of carbonyl (C=O) groups is 4. The summed E-state index contributed by atoms with van der Waals surface area (Å²) in [6.45, 7) is 1.38. The first-order chi connectivity index (χ1) is 18.8. The topological polar surface area (TPSA) is 127 Å². The van der Waals surface area contributed by atoms with E-state index in [1.807, 2.05) is 0 Å².